The molecule has 2 N–H and O–H groups in total. The van der Waals surface area contributed by atoms with Crippen molar-refractivity contribution >= 4 is 23.3 Å². The molecule has 0 bridgehead atoms. The molecule has 0 spiro atoms. The highest BCUT2D eigenvalue weighted by Gasteiger charge is 2.23. The zero-order valence-corrected chi connectivity index (χ0v) is 19.8. The molecule has 1 aliphatic heterocycles. The van der Waals surface area contributed by atoms with Crippen LogP contribution in [0.3, 0.4) is 0 Å². The van der Waals surface area contributed by atoms with E-state index in [1.807, 2.05) is 18.2 Å². The van der Waals surface area contributed by atoms with Crippen molar-refractivity contribution < 1.29 is 9.18 Å². The molecule has 6 nitrogen and oxygen atoms in total. The van der Waals surface area contributed by atoms with Crippen molar-refractivity contribution in [2.24, 2.45) is 5.73 Å². The Balaban J connectivity index is 1.54. The number of pyridine rings is 3. The highest BCUT2D eigenvalue weighted by Crippen LogP contribution is 2.33. The molecule has 1 aliphatic rings. The fourth-order valence-electron chi connectivity index (χ4n) is 4.34. The van der Waals surface area contributed by atoms with Crippen LogP contribution in [0.1, 0.15) is 30.1 Å². The molecule has 4 heterocycles. The van der Waals surface area contributed by atoms with E-state index in [1.54, 1.807) is 18.3 Å². The van der Waals surface area contributed by atoms with Gasteiger partial charge >= 0.3 is 0 Å². The van der Waals surface area contributed by atoms with Crippen LogP contribution in [0.25, 0.3) is 33.8 Å². The van der Waals surface area contributed by atoms with Crippen LogP contribution in [0.15, 0.2) is 67.0 Å². The van der Waals surface area contributed by atoms with Crippen molar-refractivity contribution in [3.8, 4) is 33.8 Å². The number of amides is 1. The lowest BCUT2D eigenvalue weighted by molar-refractivity contribution is 0.1000. The third-order valence-electron chi connectivity index (χ3n) is 6.26. The Labute approximate surface area is 207 Å². The number of hydrogen-bond acceptors (Lipinski definition) is 5. The number of nitrogens with two attached hydrogens (primary N) is 1. The van der Waals surface area contributed by atoms with Crippen LogP contribution in [-0.2, 0) is 0 Å². The molecular weight excluding hydrogens is 465 g/mol. The van der Waals surface area contributed by atoms with E-state index in [9.17, 15) is 9.18 Å². The molecule has 1 atom stereocenters. The molecule has 8 heteroatoms. The minimum atomic E-state index is -0.593. The third-order valence-corrected chi connectivity index (χ3v) is 6.55. The lowest BCUT2D eigenvalue weighted by Crippen LogP contribution is -2.27. The molecule has 0 radical (unpaired) electrons. The quantitative estimate of drug-likeness (QED) is 0.387. The van der Waals surface area contributed by atoms with E-state index in [1.165, 1.54) is 24.4 Å². The lowest BCUT2D eigenvalue weighted by Gasteiger charge is -2.24. The zero-order chi connectivity index (χ0) is 24.5. The van der Waals surface area contributed by atoms with Gasteiger partial charge in [0.15, 0.2) is 0 Å². The summed E-state index contributed by atoms with van der Waals surface area (Å²) in [7, 11) is 0. The molecule has 3 aromatic heterocycles. The Hall–Kier alpha value is -3.84. The third kappa shape index (κ3) is 4.72. The molecule has 0 unspecified atom stereocenters. The van der Waals surface area contributed by atoms with E-state index in [2.05, 4.69) is 27.9 Å². The largest absolute Gasteiger partial charge is 0.366 e. The minimum absolute atomic E-state index is 0.237. The van der Waals surface area contributed by atoms with Gasteiger partial charge in [0.05, 0.1) is 22.0 Å². The van der Waals surface area contributed by atoms with Gasteiger partial charge in [0, 0.05) is 30.5 Å². The fourth-order valence-corrected chi connectivity index (χ4v) is 4.60. The molecule has 1 amide bonds. The number of anilines is 1. The average molecular weight is 488 g/mol. The maximum atomic E-state index is 13.5. The second-order valence-corrected chi connectivity index (χ2v) is 9.05. The monoisotopic (exact) mass is 487 g/mol. The number of carbonyl (C=O) groups excluding carboxylic acids is 1. The second-order valence-electron chi connectivity index (χ2n) is 8.64. The molecule has 176 valence electrons. The first kappa shape index (κ1) is 22.9. The highest BCUT2D eigenvalue weighted by molar-refractivity contribution is 6.33. The number of primary amides is 1. The molecule has 1 fully saturated rings. The van der Waals surface area contributed by atoms with Crippen molar-refractivity contribution in [3.05, 3.63) is 83.4 Å². The SMILES string of the molecule is C[C@@H]1CCCN1c1cc(-c2ccc(F)cc2)cc(-c2ccc(-c3ncc(C(N)=O)cc3Cl)nc2)n1. The standard InChI is InChI=1S/C27H23ClFN5O/c1-16-3-2-10-34(16)25-13-19(17-4-7-21(29)8-5-17)12-24(33-25)18-6-9-23(31-14-18)26-22(28)11-20(15-32-26)27(30)35/h4-9,11-16H,2-3,10H2,1H3,(H2,30,35)/t16-/m1/s1. The molecular formula is C27H23ClFN5O. The summed E-state index contributed by atoms with van der Waals surface area (Å²) < 4.78 is 13.5. The van der Waals surface area contributed by atoms with Gasteiger partial charge < -0.3 is 10.6 Å². The van der Waals surface area contributed by atoms with Crippen LogP contribution in [0.5, 0.6) is 0 Å². The van der Waals surface area contributed by atoms with Gasteiger partial charge in [0.1, 0.15) is 17.3 Å². The molecule has 4 aromatic rings. The van der Waals surface area contributed by atoms with E-state index >= 15 is 0 Å². The van der Waals surface area contributed by atoms with Gasteiger partial charge in [-0.15, -0.1) is 0 Å². The highest BCUT2D eigenvalue weighted by atomic mass is 35.5. The molecule has 35 heavy (non-hydrogen) atoms. The Kier molecular flexibility index (Phi) is 6.17. The number of hydrogen-bond donors (Lipinski definition) is 1. The second kappa shape index (κ2) is 9.43. The fraction of sp³-hybridized carbons (Fsp3) is 0.185. The number of nitrogens with zero attached hydrogens (tertiary/aromatic N) is 4. The maximum absolute atomic E-state index is 13.5. The van der Waals surface area contributed by atoms with Gasteiger partial charge in [-0.25, -0.2) is 9.37 Å². The predicted molar refractivity (Wildman–Crippen MR) is 136 cm³/mol. The molecule has 5 rings (SSSR count). The van der Waals surface area contributed by atoms with Crippen LogP contribution in [0.4, 0.5) is 10.2 Å². The number of rotatable bonds is 5. The Morgan fingerprint density at radius 3 is 2.40 bits per heavy atom. The maximum Gasteiger partial charge on any atom is 0.250 e. The molecule has 1 aromatic carbocycles. The minimum Gasteiger partial charge on any atom is -0.366 e. The van der Waals surface area contributed by atoms with Crippen molar-refractivity contribution in [1.82, 2.24) is 15.0 Å². The smallest absolute Gasteiger partial charge is 0.250 e. The Morgan fingerprint density at radius 2 is 1.77 bits per heavy atom. The molecule has 0 saturated carbocycles. The van der Waals surface area contributed by atoms with E-state index < -0.39 is 5.91 Å². The van der Waals surface area contributed by atoms with Crippen molar-refractivity contribution in [2.45, 2.75) is 25.8 Å². The van der Waals surface area contributed by atoms with Crippen LogP contribution in [-0.4, -0.2) is 33.4 Å². The summed E-state index contributed by atoms with van der Waals surface area (Å²) >= 11 is 6.32. The number of aromatic nitrogens is 3. The summed E-state index contributed by atoms with van der Waals surface area (Å²) in [5.74, 6) is 0.0273. The number of benzene rings is 1. The topological polar surface area (TPSA) is 85.0 Å². The Morgan fingerprint density at radius 1 is 1.00 bits per heavy atom. The predicted octanol–water partition coefficient (Wildman–Crippen LogP) is 5.75. The first-order chi connectivity index (χ1) is 16.9. The lowest BCUT2D eigenvalue weighted by atomic mass is 10.0. The van der Waals surface area contributed by atoms with Gasteiger partial charge in [0.2, 0.25) is 5.91 Å². The van der Waals surface area contributed by atoms with Gasteiger partial charge in [-0.3, -0.25) is 14.8 Å². The summed E-state index contributed by atoms with van der Waals surface area (Å²) in [6, 6.07) is 16.1. The molecule has 0 aliphatic carbocycles. The summed E-state index contributed by atoms with van der Waals surface area (Å²) in [6.07, 6.45) is 5.35. The van der Waals surface area contributed by atoms with E-state index in [4.69, 9.17) is 22.3 Å². The van der Waals surface area contributed by atoms with Crippen molar-refractivity contribution in [3.63, 3.8) is 0 Å². The van der Waals surface area contributed by atoms with Crippen molar-refractivity contribution in [1.29, 1.82) is 0 Å². The summed E-state index contributed by atoms with van der Waals surface area (Å²) in [4.78, 5) is 27.4. The van der Waals surface area contributed by atoms with Crippen molar-refractivity contribution in [2.75, 3.05) is 11.4 Å². The molecule has 1 saturated heterocycles. The van der Waals surface area contributed by atoms with E-state index in [-0.39, 0.29) is 11.4 Å². The number of carbonyl (C=O) groups is 1. The van der Waals surface area contributed by atoms with Gasteiger partial charge in [0.25, 0.3) is 0 Å². The first-order valence-corrected chi connectivity index (χ1v) is 11.7. The first-order valence-electron chi connectivity index (χ1n) is 11.4. The van der Waals surface area contributed by atoms with Gasteiger partial charge in [-0.2, -0.15) is 0 Å². The van der Waals surface area contributed by atoms with Crippen LogP contribution in [0, 0.1) is 5.82 Å². The van der Waals surface area contributed by atoms with Crippen LogP contribution >= 0.6 is 11.6 Å². The average Bonchev–Trinajstić information content (AvgIpc) is 3.30. The normalized spacial score (nSPS) is 15.4. The van der Waals surface area contributed by atoms with Gasteiger partial charge in [-0.1, -0.05) is 23.7 Å². The summed E-state index contributed by atoms with van der Waals surface area (Å²) in [5, 5.41) is 0.295. The van der Waals surface area contributed by atoms with Gasteiger partial charge in [-0.05, 0) is 73.4 Å². The van der Waals surface area contributed by atoms with Crippen LogP contribution < -0.4 is 10.6 Å². The summed E-state index contributed by atoms with van der Waals surface area (Å²) in [5.41, 5.74) is 10.0. The van der Waals surface area contributed by atoms with Crippen LogP contribution in [0.2, 0.25) is 5.02 Å². The Bertz CT molecular complexity index is 1390. The summed E-state index contributed by atoms with van der Waals surface area (Å²) in [6.45, 7) is 3.15. The van der Waals surface area contributed by atoms with E-state index in [0.717, 1.165) is 47.6 Å². The zero-order valence-electron chi connectivity index (χ0n) is 19.1. The van der Waals surface area contributed by atoms with E-state index in [0.29, 0.717) is 22.5 Å². The number of halogens is 2.